The SMILES string of the molecule is CC(C)(C)OC(=O)c1c(F)ccc(S(=O)(=O)Cl)c1F. The van der Waals surface area contributed by atoms with Gasteiger partial charge >= 0.3 is 5.97 Å². The molecule has 0 bridgehead atoms. The molecule has 0 heterocycles. The third-order valence-electron chi connectivity index (χ3n) is 1.92. The molecule has 0 amide bonds. The van der Waals surface area contributed by atoms with Gasteiger partial charge in [-0.15, -0.1) is 0 Å². The standard InChI is InChI=1S/C11H11ClF2O4S/c1-11(2,3)18-10(15)8-6(13)4-5-7(9(8)14)19(12,16)17/h4-5H,1-3H3. The lowest BCUT2D eigenvalue weighted by Crippen LogP contribution is -2.25. The molecule has 19 heavy (non-hydrogen) atoms. The molecule has 0 aliphatic carbocycles. The molecule has 106 valence electrons. The van der Waals surface area contributed by atoms with Crippen molar-refractivity contribution >= 4 is 25.7 Å². The molecule has 0 saturated carbocycles. The van der Waals surface area contributed by atoms with Gasteiger partial charge in [-0.05, 0) is 32.9 Å². The van der Waals surface area contributed by atoms with Crippen molar-refractivity contribution in [1.82, 2.24) is 0 Å². The van der Waals surface area contributed by atoms with Crippen LogP contribution in [0.3, 0.4) is 0 Å². The van der Waals surface area contributed by atoms with Crippen LogP contribution in [-0.4, -0.2) is 20.0 Å². The highest BCUT2D eigenvalue weighted by atomic mass is 35.7. The summed E-state index contributed by atoms with van der Waals surface area (Å²) in [7, 11) is 0.556. The Balaban J connectivity index is 3.40. The summed E-state index contributed by atoms with van der Waals surface area (Å²) in [6, 6.07) is 1.28. The predicted molar refractivity (Wildman–Crippen MR) is 64.6 cm³/mol. The number of carbonyl (C=O) groups is 1. The van der Waals surface area contributed by atoms with Crippen LogP contribution in [0.1, 0.15) is 31.1 Å². The molecule has 0 unspecified atom stereocenters. The third-order valence-corrected chi connectivity index (χ3v) is 3.26. The van der Waals surface area contributed by atoms with Crippen molar-refractivity contribution in [1.29, 1.82) is 0 Å². The van der Waals surface area contributed by atoms with Crippen molar-refractivity contribution in [2.24, 2.45) is 0 Å². The molecule has 0 aliphatic rings. The second-order valence-electron chi connectivity index (χ2n) is 4.67. The maximum absolute atomic E-state index is 13.9. The number of benzene rings is 1. The molecule has 1 aromatic rings. The Morgan fingerprint density at radius 3 is 2.21 bits per heavy atom. The highest BCUT2D eigenvalue weighted by Crippen LogP contribution is 2.25. The summed E-state index contributed by atoms with van der Waals surface area (Å²) in [6.07, 6.45) is 0. The molecule has 0 aromatic heterocycles. The second kappa shape index (κ2) is 5.05. The summed E-state index contributed by atoms with van der Waals surface area (Å²) in [5.74, 6) is -4.09. The van der Waals surface area contributed by atoms with Crippen LogP contribution in [0.5, 0.6) is 0 Å². The van der Waals surface area contributed by atoms with Crippen LogP contribution in [0.25, 0.3) is 0 Å². The first-order valence-electron chi connectivity index (χ1n) is 5.09. The zero-order chi connectivity index (χ0) is 15.0. The van der Waals surface area contributed by atoms with Crippen LogP contribution in [0.2, 0.25) is 0 Å². The fourth-order valence-corrected chi connectivity index (χ4v) is 2.14. The first-order chi connectivity index (χ1) is 8.43. The van der Waals surface area contributed by atoms with E-state index in [4.69, 9.17) is 15.4 Å². The number of halogens is 3. The van der Waals surface area contributed by atoms with Crippen molar-refractivity contribution < 1.29 is 26.7 Å². The minimum atomic E-state index is -4.43. The maximum Gasteiger partial charge on any atom is 0.344 e. The highest BCUT2D eigenvalue weighted by Gasteiger charge is 2.29. The molecule has 0 atom stereocenters. The van der Waals surface area contributed by atoms with Crippen molar-refractivity contribution in [3.63, 3.8) is 0 Å². The zero-order valence-electron chi connectivity index (χ0n) is 10.3. The molecule has 1 aromatic carbocycles. The number of esters is 1. The summed E-state index contributed by atoms with van der Waals surface area (Å²) >= 11 is 0. The van der Waals surface area contributed by atoms with E-state index in [1.165, 1.54) is 20.8 Å². The summed E-state index contributed by atoms with van der Waals surface area (Å²) in [5, 5.41) is 0. The summed E-state index contributed by atoms with van der Waals surface area (Å²) in [6.45, 7) is 4.51. The molecular weight excluding hydrogens is 302 g/mol. The number of rotatable bonds is 2. The van der Waals surface area contributed by atoms with E-state index in [1.807, 2.05) is 0 Å². The van der Waals surface area contributed by atoms with Gasteiger partial charge in [-0.3, -0.25) is 0 Å². The Hall–Kier alpha value is -1.21. The van der Waals surface area contributed by atoms with E-state index in [9.17, 15) is 22.0 Å². The van der Waals surface area contributed by atoms with Crippen LogP contribution in [0.4, 0.5) is 8.78 Å². The molecular formula is C11H11ClF2O4S. The van der Waals surface area contributed by atoms with Gasteiger partial charge in [0.15, 0.2) is 5.82 Å². The third kappa shape index (κ3) is 3.87. The molecule has 0 N–H and O–H groups in total. The normalized spacial score (nSPS) is 12.3. The quantitative estimate of drug-likeness (QED) is 0.622. The smallest absolute Gasteiger partial charge is 0.344 e. The van der Waals surface area contributed by atoms with E-state index < -0.39 is 42.7 Å². The molecule has 1 rings (SSSR count). The lowest BCUT2D eigenvalue weighted by atomic mass is 10.1. The first-order valence-corrected chi connectivity index (χ1v) is 7.40. The monoisotopic (exact) mass is 312 g/mol. The molecule has 4 nitrogen and oxygen atoms in total. The number of ether oxygens (including phenoxy) is 1. The number of carbonyl (C=O) groups excluding carboxylic acids is 1. The van der Waals surface area contributed by atoms with Crippen LogP contribution in [0.15, 0.2) is 17.0 Å². The van der Waals surface area contributed by atoms with Crippen LogP contribution in [0, 0.1) is 11.6 Å². The Bertz CT molecular complexity index is 620. The molecule has 0 spiro atoms. The van der Waals surface area contributed by atoms with Crippen LogP contribution >= 0.6 is 10.7 Å². The van der Waals surface area contributed by atoms with E-state index in [0.29, 0.717) is 12.1 Å². The number of hydrogen-bond donors (Lipinski definition) is 0. The lowest BCUT2D eigenvalue weighted by molar-refractivity contribution is 0.00589. The average molecular weight is 313 g/mol. The van der Waals surface area contributed by atoms with Gasteiger partial charge in [-0.1, -0.05) is 0 Å². The predicted octanol–water partition coefficient (Wildman–Crippen LogP) is 2.85. The fourth-order valence-electron chi connectivity index (χ4n) is 1.24. The van der Waals surface area contributed by atoms with Crippen molar-refractivity contribution in [3.05, 3.63) is 29.3 Å². The second-order valence-corrected chi connectivity index (χ2v) is 7.21. The average Bonchev–Trinajstić information content (AvgIpc) is 2.11. The minimum absolute atomic E-state index is 0.637. The van der Waals surface area contributed by atoms with Crippen molar-refractivity contribution in [2.45, 2.75) is 31.3 Å². The van der Waals surface area contributed by atoms with Gasteiger partial charge in [0.05, 0.1) is 0 Å². The minimum Gasteiger partial charge on any atom is -0.456 e. The molecule has 0 radical (unpaired) electrons. The van der Waals surface area contributed by atoms with Gasteiger partial charge in [0.2, 0.25) is 0 Å². The summed E-state index contributed by atoms with van der Waals surface area (Å²) in [4.78, 5) is 10.7. The maximum atomic E-state index is 13.9. The van der Waals surface area contributed by atoms with E-state index in [-0.39, 0.29) is 0 Å². The largest absolute Gasteiger partial charge is 0.456 e. The van der Waals surface area contributed by atoms with E-state index in [1.54, 1.807) is 0 Å². The van der Waals surface area contributed by atoms with E-state index in [0.717, 1.165) is 0 Å². The van der Waals surface area contributed by atoms with Crippen LogP contribution < -0.4 is 0 Å². The first kappa shape index (κ1) is 15.8. The Morgan fingerprint density at radius 1 is 1.26 bits per heavy atom. The number of hydrogen-bond acceptors (Lipinski definition) is 4. The molecule has 0 saturated heterocycles. The fraction of sp³-hybridized carbons (Fsp3) is 0.364. The molecule has 0 aliphatic heterocycles. The Morgan fingerprint density at radius 2 is 1.79 bits per heavy atom. The Labute approximate surface area is 113 Å². The summed E-state index contributed by atoms with van der Waals surface area (Å²) < 4.78 is 54.3. The van der Waals surface area contributed by atoms with E-state index in [2.05, 4.69) is 0 Å². The lowest BCUT2D eigenvalue weighted by Gasteiger charge is -2.20. The molecule has 0 fully saturated rings. The van der Waals surface area contributed by atoms with Gasteiger partial charge in [-0.25, -0.2) is 22.0 Å². The van der Waals surface area contributed by atoms with Crippen LogP contribution in [-0.2, 0) is 13.8 Å². The highest BCUT2D eigenvalue weighted by molar-refractivity contribution is 8.13. The van der Waals surface area contributed by atoms with Crippen molar-refractivity contribution in [2.75, 3.05) is 0 Å². The van der Waals surface area contributed by atoms with Gasteiger partial charge in [-0.2, -0.15) is 0 Å². The van der Waals surface area contributed by atoms with Gasteiger partial charge in [0.25, 0.3) is 9.05 Å². The summed E-state index contributed by atoms with van der Waals surface area (Å²) in [5.41, 5.74) is -2.07. The molecule has 8 heteroatoms. The Kier molecular flexibility index (Phi) is 4.21. The van der Waals surface area contributed by atoms with E-state index >= 15 is 0 Å². The topological polar surface area (TPSA) is 60.4 Å². The zero-order valence-corrected chi connectivity index (χ0v) is 11.9. The van der Waals surface area contributed by atoms with Gasteiger partial charge in [0, 0.05) is 10.7 Å². The van der Waals surface area contributed by atoms with Gasteiger partial charge < -0.3 is 4.74 Å². The van der Waals surface area contributed by atoms with Gasteiger partial charge in [0.1, 0.15) is 21.9 Å². The van der Waals surface area contributed by atoms with Crippen molar-refractivity contribution in [3.8, 4) is 0 Å².